The summed E-state index contributed by atoms with van der Waals surface area (Å²) in [5, 5.41) is 2.81. The molecule has 0 saturated carbocycles. The van der Waals surface area contributed by atoms with Gasteiger partial charge in [0, 0.05) is 11.6 Å². The highest BCUT2D eigenvalue weighted by Gasteiger charge is 2.16. The summed E-state index contributed by atoms with van der Waals surface area (Å²) < 4.78 is 25.2. The van der Waals surface area contributed by atoms with Crippen molar-refractivity contribution in [1.29, 1.82) is 0 Å². The van der Waals surface area contributed by atoms with E-state index in [1.54, 1.807) is 19.1 Å². The number of anilines is 2. The van der Waals surface area contributed by atoms with Crippen LogP contribution >= 0.6 is 11.6 Å². The van der Waals surface area contributed by atoms with Gasteiger partial charge in [-0.2, -0.15) is 0 Å². The maximum absolute atomic E-state index is 12.5. The van der Waals surface area contributed by atoms with Gasteiger partial charge in [0.15, 0.2) is 5.69 Å². The molecule has 1 heterocycles. The van der Waals surface area contributed by atoms with Crippen LogP contribution in [0, 0.1) is 6.92 Å². The first-order chi connectivity index (χ1) is 11.6. The summed E-state index contributed by atoms with van der Waals surface area (Å²) in [6.07, 6.45) is 2.45. The summed E-state index contributed by atoms with van der Waals surface area (Å²) in [7, 11) is -3.42. The lowest BCUT2D eigenvalue weighted by Gasteiger charge is -2.12. The van der Waals surface area contributed by atoms with Gasteiger partial charge in [-0.25, -0.2) is 18.4 Å². The van der Waals surface area contributed by atoms with Crippen LogP contribution in [-0.2, 0) is 10.0 Å². The molecule has 0 bridgehead atoms. The van der Waals surface area contributed by atoms with Gasteiger partial charge >= 0.3 is 0 Å². The zero-order valence-corrected chi connectivity index (χ0v) is 15.9. The van der Waals surface area contributed by atoms with Gasteiger partial charge < -0.3 is 5.32 Å². The lowest BCUT2D eigenvalue weighted by Crippen LogP contribution is -2.17. The maximum atomic E-state index is 12.5. The second-order valence-corrected chi connectivity index (χ2v) is 8.09. The molecule has 0 radical (unpaired) electrons. The van der Waals surface area contributed by atoms with Crippen LogP contribution < -0.4 is 10.0 Å². The predicted molar refractivity (Wildman–Crippen MR) is 98.7 cm³/mol. The van der Waals surface area contributed by atoms with E-state index in [9.17, 15) is 13.2 Å². The molecule has 2 N–H and O–H groups in total. The van der Waals surface area contributed by atoms with Crippen molar-refractivity contribution in [3.63, 3.8) is 0 Å². The molecule has 0 saturated heterocycles. The van der Waals surface area contributed by atoms with Gasteiger partial charge in [0.2, 0.25) is 10.0 Å². The van der Waals surface area contributed by atoms with E-state index in [4.69, 9.17) is 11.6 Å². The highest BCUT2D eigenvalue weighted by atomic mass is 35.5. The van der Waals surface area contributed by atoms with Crippen LogP contribution in [0.25, 0.3) is 0 Å². The van der Waals surface area contributed by atoms with Crippen LogP contribution in [0.3, 0.4) is 0 Å². The first kappa shape index (κ1) is 19.1. The van der Waals surface area contributed by atoms with E-state index in [-0.39, 0.29) is 16.6 Å². The average Bonchev–Trinajstić information content (AvgIpc) is 2.49. The largest absolute Gasteiger partial charge is 0.321 e. The van der Waals surface area contributed by atoms with Crippen molar-refractivity contribution in [2.24, 2.45) is 0 Å². The minimum absolute atomic E-state index is 0.0498. The van der Waals surface area contributed by atoms with Crippen LogP contribution in [-0.4, -0.2) is 30.5 Å². The third kappa shape index (κ3) is 5.14. The van der Waals surface area contributed by atoms with E-state index < -0.39 is 15.9 Å². The Morgan fingerprint density at radius 1 is 1.28 bits per heavy atom. The molecule has 0 aliphatic carbocycles. The Morgan fingerprint density at radius 3 is 2.56 bits per heavy atom. The number of hydrogen-bond acceptors (Lipinski definition) is 5. The number of amides is 1. The molecule has 0 unspecified atom stereocenters. The fraction of sp³-hybridized carbons (Fsp3) is 0.312. The van der Waals surface area contributed by atoms with E-state index in [0.29, 0.717) is 17.2 Å². The molecule has 9 heteroatoms. The fourth-order valence-corrected chi connectivity index (χ4v) is 2.81. The zero-order valence-electron chi connectivity index (χ0n) is 14.3. The van der Waals surface area contributed by atoms with Crippen molar-refractivity contribution in [1.82, 2.24) is 9.97 Å². The lowest BCUT2D eigenvalue weighted by molar-refractivity contribution is 0.102. The van der Waals surface area contributed by atoms with Gasteiger partial charge in [0.25, 0.3) is 5.91 Å². The molecule has 0 aliphatic rings. The van der Waals surface area contributed by atoms with E-state index in [1.807, 2.05) is 13.8 Å². The SMILES string of the molecule is Cc1ccc(NC(=O)c2nc(C(C)C)ncc2Cl)cc1NS(C)(=O)=O. The Kier molecular flexibility index (Phi) is 5.64. The molecule has 7 nitrogen and oxygen atoms in total. The number of benzene rings is 1. The van der Waals surface area contributed by atoms with Crippen LogP contribution in [0.15, 0.2) is 24.4 Å². The Morgan fingerprint density at radius 2 is 1.96 bits per heavy atom. The van der Waals surface area contributed by atoms with Crippen LogP contribution in [0.4, 0.5) is 11.4 Å². The second kappa shape index (κ2) is 7.37. The number of sulfonamides is 1. The number of aromatic nitrogens is 2. The highest BCUT2D eigenvalue weighted by Crippen LogP contribution is 2.23. The summed E-state index contributed by atoms with van der Waals surface area (Å²) in [6.45, 7) is 5.58. The number of rotatable bonds is 5. The Hall–Kier alpha value is -2.19. The first-order valence-corrected chi connectivity index (χ1v) is 9.76. The molecule has 0 fully saturated rings. The standard InChI is InChI=1S/C16H19ClN4O3S/c1-9(2)15-18-8-12(17)14(20-15)16(22)19-11-6-5-10(3)13(7-11)21-25(4,23)24/h5-9,21H,1-4H3,(H,19,22). The number of halogens is 1. The quantitative estimate of drug-likeness (QED) is 0.826. The minimum atomic E-state index is -3.42. The Bertz CT molecular complexity index is 914. The minimum Gasteiger partial charge on any atom is -0.321 e. The molecule has 1 aromatic carbocycles. The number of carbonyl (C=O) groups is 1. The Balaban J connectivity index is 2.29. The van der Waals surface area contributed by atoms with Crippen LogP contribution in [0.2, 0.25) is 5.02 Å². The summed E-state index contributed by atoms with van der Waals surface area (Å²) in [6, 6.07) is 4.90. The molecule has 1 amide bonds. The van der Waals surface area contributed by atoms with Crippen LogP contribution in [0.1, 0.15) is 41.6 Å². The van der Waals surface area contributed by atoms with Gasteiger partial charge in [-0.15, -0.1) is 0 Å². The highest BCUT2D eigenvalue weighted by molar-refractivity contribution is 7.92. The fourth-order valence-electron chi connectivity index (χ4n) is 2.02. The monoisotopic (exact) mass is 382 g/mol. The molecule has 1 aromatic heterocycles. The van der Waals surface area contributed by atoms with Gasteiger partial charge in [0.05, 0.1) is 23.2 Å². The molecule has 2 aromatic rings. The van der Waals surface area contributed by atoms with E-state index in [1.165, 1.54) is 12.3 Å². The summed E-state index contributed by atoms with van der Waals surface area (Å²) in [5.41, 5.74) is 1.60. The molecule has 0 atom stereocenters. The molecular formula is C16H19ClN4O3S. The van der Waals surface area contributed by atoms with Crippen molar-refractivity contribution in [2.45, 2.75) is 26.7 Å². The third-order valence-corrected chi connectivity index (χ3v) is 4.15. The Labute approximate surface area is 151 Å². The topological polar surface area (TPSA) is 101 Å². The molecular weight excluding hydrogens is 364 g/mol. The van der Waals surface area contributed by atoms with Gasteiger partial charge in [-0.1, -0.05) is 31.5 Å². The molecule has 0 spiro atoms. The summed E-state index contributed by atoms with van der Waals surface area (Å²) >= 11 is 6.03. The lowest BCUT2D eigenvalue weighted by atomic mass is 10.2. The molecule has 0 aliphatic heterocycles. The summed E-state index contributed by atoms with van der Waals surface area (Å²) in [5.74, 6) is 0.0649. The van der Waals surface area contributed by atoms with Crippen molar-refractivity contribution in [3.05, 3.63) is 46.5 Å². The predicted octanol–water partition coefficient (Wildman–Crippen LogP) is 3.19. The number of aryl methyl sites for hydroxylation is 1. The number of hydrogen-bond donors (Lipinski definition) is 2. The van der Waals surface area contributed by atoms with Crippen molar-refractivity contribution >= 4 is 38.9 Å². The van der Waals surface area contributed by atoms with Crippen LogP contribution in [0.5, 0.6) is 0 Å². The van der Waals surface area contributed by atoms with E-state index >= 15 is 0 Å². The molecule has 2 rings (SSSR count). The molecule has 134 valence electrons. The summed E-state index contributed by atoms with van der Waals surface area (Å²) in [4.78, 5) is 20.8. The average molecular weight is 383 g/mol. The maximum Gasteiger partial charge on any atom is 0.275 e. The number of nitrogens with one attached hydrogen (secondary N) is 2. The second-order valence-electron chi connectivity index (χ2n) is 5.94. The number of nitrogens with zero attached hydrogens (tertiary/aromatic N) is 2. The van der Waals surface area contributed by atoms with E-state index in [0.717, 1.165) is 11.8 Å². The van der Waals surface area contributed by atoms with Gasteiger partial charge in [-0.3, -0.25) is 9.52 Å². The van der Waals surface area contributed by atoms with Crippen molar-refractivity contribution in [2.75, 3.05) is 16.3 Å². The van der Waals surface area contributed by atoms with Gasteiger partial charge in [0.1, 0.15) is 5.82 Å². The normalized spacial score (nSPS) is 11.4. The first-order valence-electron chi connectivity index (χ1n) is 7.49. The number of carbonyl (C=O) groups excluding carboxylic acids is 1. The third-order valence-electron chi connectivity index (χ3n) is 3.29. The zero-order chi connectivity index (χ0) is 18.8. The van der Waals surface area contributed by atoms with E-state index in [2.05, 4.69) is 20.0 Å². The van der Waals surface area contributed by atoms with Gasteiger partial charge in [-0.05, 0) is 24.6 Å². The smallest absolute Gasteiger partial charge is 0.275 e. The van der Waals surface area contributed by atoms with Crippen molar-refractivity contribution in [3.8, 4) is 0 Å². The van der Waals surface area contributed by atoms with Crippen molar-refractivity contribution < 1.29 is 13.2 Å². The molecule has 25 heavy (non-hydrogen) atoms.